The lowest BCUT2D eigenvalue weighted by atomic mass is 10.2. The molecule has 0 aliphatic carbocycles. The van der Waals surface area contributed by atoms with Crippen LogP contribution in [0.5, 0.6) is 17.2 Å². The Hall–Kier alpha value is -2.55. The minimum Gasteiger partial charge on any atom is -0.493 e. The van der Waals surface area contributed by atoms with E-state index in [1.165, 1.54) is 6.21 Å². The van der Waals surface area contributed by atoms with Crippen LogP contribution in [0.25, 0.3) is 0 Å². The smallest absolute Gasteiger partial charge is 0.271 e. The first-order chi connectivity index (χ1) is 15.9. The van der Waals surface area contributed by atoms with Gasteiger partial charge in [0.2, 0.25) is 0 Å². The fourth-order valence-electron chi connectivity index (χ4n) is 2.91. The molecule has 3 aromatic rings. The van der Waals surface area contributed by atoms with Gasteiger partial charge >= 0.3 is 0 Å². The maximum Gasteiger partial charge on any atom is 0.271 e. The summed E-state index contributed by atoms with van der Waals surface area (Å²) in [6.45, 7) is 2.59. The van der Waals surface area contributed by atoms with Crippen molar-refractivity contribution in [2.75, 3.05) is 13.7 Å². The van der Waals surface area contributed by atoms with Gasteiger partial charge in [-0.25, -0.2) is 5.43 Å². The minimum absolute atomic E-state index is 0.277. The molecule has 6 nitrogen and oxygen atoms in total. The number of hydrogen-bond acceptors (Lipinski definition) is 5. The van der Waals surface area contributed by atoms with Gasteiger partial charge in [0.05, 0.1) is 24.4 Å². The summed E-state index contributed by atoms with van der Waals surface area (Å²) in [5.41, 5.74) is 4.44. The molecular weight excluding hydrogens is 576 g/mol. The van der Waals surface area contributed by atoms with Crippen molar-refractivity contribution in [3.63, 3.8) is 0 Å². The Bertz CT molecular complexity index is 1170. The van der Waals surface area contributed by atoms with Crippen LogP contribution in [0.15, 0.2) is 68.6 Å². The normalized spacial score (nSPS) is 10.8. The zero-order chi connectivity index (χ0) is 23.8. The molecule has 0 radical (unpaired) electrons. The third kappa shape index (κ3) is 6.72. The molecule has 9 heteroatoms. The highest BCUT2D eigenvalue weighted by molar-refractivity contribution is 9.11. The summed E-state index contributed by atoms with van der Waals surface area (Å²) in [5.74, 6) is 1.22. The summed E-state index contributed by atoms with van der Waals surface area (Å²) in [7, 11) is 1.55. The number of ether oxygens (including phenoxy) is 3. The summed E-state index contributed by atoms with van der Waals surface area (Å²) >= 11 is 13.2. The molecule has 0 spiro atoms. The Morgan fingerprint density at radius 1 is 1.09 bits per heavy atom. The van der Waals surface area contributed by atoms with Crippen molar-refractivity contribution in [1.29, 1.82) is 0 Å². The molecule has 0 saturated heterocycles. The Balaban J connectivity index is 1.76. The Kier molecular flexibility index (Phi) is 9.17. The number of carbonyl (C=O) groups excluding carboxylic acids is 1. The maximum absolute atomic E-state index is 12.6. The molecule has 0 fully saturated rings. The molecule has 0 heterocycles. The third-order valence-electron chi connectivity index (χ3n) is 4.46. The van der Waals surface area contributed by atoms with Crippen LogP contribution < -0.4 is 19.6 Å². The molecule has 0 aromatic heterocycles. The molecule has 172 valence electrons. The van der Waals surface area contributed by atoms with E-state index < -0.39 is 0 Å². The lowest BCUT2D eigenvalue weighted by Gasteiger charge is -2.13. The largest absolute Gasteiger partial charge is 0.493 e. The zero-order valence-electron chi connectivity index (χ0n) is 17.9. The van der Waals surface area contributed by atoms with E-state index in [4.69, 9.17) is 25.8 Å². The molecule has 1 amide bonds. The standard InChI is InChI=1S/C24H21Br2ClN2O4/c1-3-32-22-11-15(8-9-21(22)31-2)24(30)29-28-13-17-10-18(25)12-19(26)23(17)33-14-16-6-4-5-7-20(16)27/h4-13H,3,14H2,1-2H3,(H,29,30)/b28-13+. The van der Waals surface area contributed by atoms with Crippen molar-refractivity contribution in [2.45, 2.75) is 13.5 Å². The highest BCUT2D eigenvalue weighted by Crippen LogP contribution is 2.33. The summed E-state index contributed by atoms with van der Waals surface area (Å²) in [5, 5.41) is 4.73. The first-order valence-corrected chi connectivity index (χ1v) is 11.9. The monoisotopic (exact) mass is 594 g/mol. The Morgan fingerprint density at radius 3 is 2.61 bits per heavy atom. The van der Waals surface area contributed by atoms with Crippen molar-refractivity contribution in [3.8, 4) is 17.2 Å². The average Bonchev–Trinajstić information content (AvgIpc) is 2.79. The molecule has 0 aliphatic heterocycles. The van der Waals surface area contributed by atoms with E-state index in [1.807, 2.05) is 43.3 Å². The van der Waals surface area contributed by atoms with E-state index in [9.17, 15) is 4.79 Å². The van der Waals surface area contributed by atoms with Crippen LogP contribution in [0.4, 0.5) is 0 Å². The number of amides is 1. The van der Waals surface area contributed by atoms with Crippen molar-refractivity contribution < 1.29 is 19.0 Å². The first kappa shape index (κ1) is 25.1. The average molecular weight is 597 g/mol. The van der Waals surface area contributed by atoms with E-state index in [2.05, 4.69) is 42.4 Å². The molecule has 0 unspecified atom stereocenters. The second-order valence-corrected chi connectivity index (χ2v) is 8.86. The van der Waals surface area contributed by atoms with Crippen LogP contribution in [-0.2, 0) is 6.61 Å². The van der Waals surface area contributed by atoms with Gasteiger partial charge in [-0.2, -0.15) is 5.10 Å². The summed E-state index contributed by atoms with van der Waals surface area (Å²) in [6.07, 6.45) is 1.52. The van der Waals surface area contributed by atoms with Crippen molar-refractivity contribution in [3.05, 3.63) is 85.3 Å². The van der Waals surface area contributed by atoms with E-state index in [0.717, 1.165) is 14.5 Å². The van der Waals surface area contributed by atoms with Gasteiger partial charge in [-0.3, -0.25) is 4.79 Å². The zero-order valence-corrected chi connectivity index (χ0v) is 21.8. The lowest BCUT2D eigenvalue weighted by Crippen LogP contribution is -2.18. The molecule has 3 aromatic carbocycles. The fourth-order valence-corrected chi connectivity index (χ4v) is 4.47. The van der Waals surface area contributed by atoms with Gasteiger partial charge in [-0.1, -0.05) is 45.7 Å². The van der Waals surface area contributed by atoms with E-state index >= 15 is 0 Å². The van der Waals surface area contributed by atoms with Crippen LogP contribution >= 0.6 is 43.5 Å². The Morgan fingerprint density at radius 2 is 1.88 bits per heavy atom. The molecule has 0 bridgehead atoms. The molecule has 3 rings (SSSR count). The van der Waals surface area contributed by atoms with Crippen LogP contribution in [0.1, 0.15) is 28.4 Å². The van der Waals surface area contributed by atoms with E-state index in [1.54, 1.807) is 25.3 Å². The molecule has 0 atom stereocenters. The lowest BCUT2D eigenvalue weighted by molar-refractivity contribution is 0.0954. The van der Waals surface area contributed by atoms with Crippen molar-refractivity contribution in [2.24, 2.45) is 5.10 Å². The quantitative estimate of drug-likeness (QED) is 0.223. The van der Waals surface area contributed by atoms with Gasteiger partial charge in [-0.15, -0.1) is 0 Å². The number of hydrogen-bond donors (Lipinski definition) is 1. The summed E-state index contributed by atoms with van der Waals surface area (Å²) in [4.78, 5) is 12.6. The highest BCUT2D eigenvalue weighted by atomic mass is 79.9. The van der Waals surface area contributed by atoms with Crippen LogP contribution in [0.3, 0.4) is 0 Å². The van der Waals surface area contributed by atoms with Crippen LogP contribution in [0.2, 0.25) is 5.02 Å². The highest BCUT2D eigenvalue weighted by Gasteiger charge is 2.13. The van der Waals surface area contributed by atoms with Gasteiger partial charge in [-0.05, 0) is 59.3 Å². The van der Waals surface area contributed by atoms with Crippen molar-refractivity contribution >= 4 is 55.6 Å². The number of halogens is 3. The predicted molar refractivity (Wildman–Crippen MR) is 137 cm³/mol. The van der Waals surface area contributed by atoms with Gasteiger partial charge in [0.1, 0.15) is 12.4 Å². The van der Waals surface area contributed by atoms with Crippen LogP contribution in [0, 0.1) is 0 Å². The van der Waals surface area contributed by atoms with Crippen molar-refractivity contribution in [1.82, 2.24) is 5.43 Å². The topological polar surface area (TPSA) is 69.2 Å². The predicted octanol–water partition coefficient (Wildman–Crippen LogP) is 6.62. The SMILES string of the molecule is CCOc1cc(C(=O)N/N=C/c2cc(Br)cc(Br)c2OCc2ccccc2Cl)ccc1OC. The number of carbonyl (C=O) groups is 1. The molecule has 0 aliphatic rings. The number of methoxy groups -OCH3 is 1. The van der Waals surface area contributed by atoms with Crippen LogP contribution in [-0.4, -0.2) is 25.8 Å². The van der Waals surface area contributed by atoms with Gasteiger partial charge in [0.25, 0.3) is 5.91 Å². The molecule has 33 heavy (non-hydrogen) atoms. The summed E-state index contributed by atoms with van der Waals surface area (Å²) in [6, 6.07) is 16.1. The second-order valence-electron chi connectivity index (χ2n) is 6.68. The number of nitrogens with zero attached hydrogens (tertiary/aromatic N) is 1. The number of hydrazone groups is 1. The summed E-state index contributed by atoms with van der Waals surface area (Å²) < 4.78 is 18.3. The van der Waals surface area contributed by atoms with E-state index in [0.29, 0.717) is 40.0 Å². The second kappa shape index (κ2) is 12.1. The molecule has 1 N–H and O–H groups in total. The number of nitrogens with one attached hydrogen (secondary N) is 1. The fraction of sp³-hybridized carbons (Fsp3) is 0.167. The van der Waals surface area contributed by atoms with Gasteiger partial charge in [0.15, 0.2) is 11.5 Å². The molecule has 0 saturated carbocycles. The number of benzene rings is 3. The third-order valence-corrected chi connectivity index (χ3v) is 5.88. The minimum atomic E-state index is -0.387. The van der Waals surface area contributed by atoms with Gasteiger partial charge < -0.3 is 14.2 Å². The maximum atomic E-state index is 12.6. The van der Waals surface area contributed by atoms with Gasteiger partial charge in [0, 0.05) is 26.2 Å². The number of rotatable bonds is 9. The van der Waals surface area contributed by atoms with E-state index in [-0.39, 0.29) is 12.5 Å². The Labute approximate surface area is 214 Å². The molecular formula is C24H21Br2ClN2O4. The first-order valence-electron chi connectivity index (χ1n) is 9.92.